The Kier molecular flexibility index (Phi) is 7.12. The SMILES string of the molecule is Cc1csc(C2(NC(=O)[C@H]3CCN[C@@H](C)C3)CCC2)n1.Cl.Cl. The predicted octanol–water partition coefficient (Wildman–Crippen LogP) is 3.18. The minimum Gasteiger partial charge on any atom is -0.344 e. The number of rotatable bonds is 3. The van der Waals surface area contributed by atoms with Crippen molar-refractivity contribution in [1.29, 1.82) is 0 Å². The van der Waals surface area contributed by atoms with E-state index in [1.54, 1.807) is 11.3 Å². The van der Waals surface area contributed by atoms with E-state index in [-0.39, 0.29) is 42.2 Å². The Labute approximate surface area is 148 Å². The summed E-state index contributed by atoms with van der Waals surface area (Å²) in [4.78, 5) is 17.2. The molecule has 2 N–H and O–H groups in total. The van der Waals surface area contributed by atoms with Crippen molar-refractivity contribution in [2.24, 2.45) is 5.92 Å². The van der Waals surface area contributed by atoms with E-state index in [0.717, 1.165) is 42.9 Å². The first-order valence-corrected chi connectivity index (χ1v) is 8.45. The standard InChI is InChI=1S/C15H23N3OS.2ClH/c1-10-8-12(4-7-16-10)13(19)18-15(5-3-6-15)14-17-11(2)9-20-14;;/h9-10,12,16H,3-8H2,1-2H3,(H,18,19);2*1H/t10-,12-;;/m0../s1. The average molecular weight is 366 g/mol. The van der Waals surface area contributed by atoms with E-state index in [0.29, 0.717) is 6.04 Å². The van der Waals surface area contributed by atoms with Gasteiger partial charge < -0.3 is 10.6 Å². The molecule has 2 heterocycles. The molecule has 1 aliphatic carbocycles. The Morgan fingerprint density at radius 2 is 2.18 bits per heavy atom. The van der Waals surface area contributed by atoms with Crippen molar-refractivity contribution >= 4 is 42.1 Å². The first kappa shape index (κ1) is 19.7. The van der Waals surface area contributed by atoms with Crippen molar-refractivity contribution in [3.8, 4) is 0 Å². The molecule has 7 heteroatoms. The number of carbonyl (C=O) groups excluding carboxylic acids is 1. The highest BCUT2D eigenvalue weighted by atomic mass is 35.5. The van der Waals surface area contributed by atoms with Gasteiger partial charge in [-0.3, -0.25) is 4.79 Å². The van der Waals surface area contributed by atoms with Gasteiger partial charge in [0, 0.05) is 23.0 Å². The van der Waals surface area contributed by atoms with Crippen LogP contribution in [0.2, 0.25) is 0 Å². The van der Waals surface area contributed by atoms with Crippen LogP contribution in [0.1, 0.15) is 49.7 Å². The van der Waals surface area contributed by atoms with Gasteiger partial charge in [-0.2, -0.15) is 0 Å². The summed E-state index contributed by atoms with van der Waals surface area (Å²) in [5.41, 5.74) is 0.894. The van der Waals surface area contributed by atoms with E-state index < -0.39 is 0 Å². The molecule has 2 atom stereocenters. The molecule has 1 amide bonds. The first-order valence-electron chi connectivity index (χ1n) is 7.57. The summed E-state index contributed by atoms with van der Waals surface area (Å²) in [7, 11) is 0. The lowest BCUT2D eigenvalue weighted by atomic mass is 9.76. The van der Waals surface area contributed by atoms with Gasteiger partial charge in [0.1, 0.15) is 5.01 Å². The van der Waals surface area contributed by atoms with Gasteiger partial charge in [0.05, 0.1) is 5.54 Å². The molecule has 3 rings (SSSR count). The molecule has 22 heavy (non-hydrogen) atoms. The summed E-state index contributed by atoms with van der Waals surface area (Å²) >= 11 is 1.68. The normalized spacial score (nSPS) is 26.1. The largest absolute Gasteiger partial charge is 0.344 e. The fraction of sp³-hybridized carbons (Fsp3) is 0.733. The van der Waals surface area contributed by atoms with E-state index in [9.17, 15) is 4.79 Å². The molecule has 4 nitrogen and oxygen atoms in total. The Balaban J connectivity index is 0.00000121. The fourth-order valence-electron chi connectivity index (χ4n) is 3.20. The van der Waals surface area contributed by atoms with Gasteiger partial charge in [-0.25, -0.2) is 4.98 Å². The van der Waals surface area contributed by atoms with Crippen molar-refractivity contribution < 1.29 is 4.79 Å². The zero-order valence-electron chi connectivity index (χ0n) is 13.1. The molecule has 0 spiro atoms. The molecule has 126 valence electrons. The zero-order chi connectivity index (χ0) is 14.2. The third kappa shape index (κ3) is 3.94. The molecular weight excluding hydrogens is 341 g/mol. The molecule has 2 aliphatic rings. The van der Waals surface area contributed by atoms with Crippen LogP contribution in [-0.2, 0) is 10.3 Å². The molecule has 1 aromatic heterocycles. The lowest BCUT2D eigenvalue weighted by molar-refractivity contribution is -0.129. The number of amides is 1. The second-order valence-corrected chi connectivity index (χ2v) is 7.15. The van der Waals surface area contributed by atoms with Crippen molar-refractivity contribution in [2.75, 3.05) is 6.54 Å². The van der Waals surface area contributed by atoms with Gasteiger partial charge in [-0.1, -0.05) is 0 Å². The molecule has 2 fully saturated rings. The maximum absolute atomic E-state index is 12.6. The summed E-state index contributed by atoms with van der Waals surface area (Å²) in [5, 5.41) is 9.90. The number of hydrogen-bond donors (Lipinski definition) is 2. The van der Waals surface area contributed by atoms with Gasteiger partial charge in [0.2, 0.25) is 5.91 Å². The maximum atomic E-state index is 12.6. The van der Waals surface area contributed by atoms with Crippen LogP contribution in [0.15, 0.2) is 5.38 Å². The van der Waals surface area contributed by atoms with Gasteiger partial charge in [-0.15, -0.1) is 36.2 Å². The van der Waals surface area contributed by atoms with Crippen molar-refractivity contribution in [2.45, 2.75) is 57.5 Å². The number of halogens is 2. The fourth-order valence-corrected chi connectivity index (χ4v) is 4.22. The third-order valence-electron chi connectivity index (χ3n) is 4.59. The summed E-state index contributed by atoms with van der Waals surface area (Å²) in [6.07, 6.45) is 5.14. The number of piperidine rings is 1. The highest BCUT2D eigenvalue weighted by Gasteiger charge is 2.43. The minimum absolute atomic E-state index is 0. The Morgan fingerprint density at radius 3 is 2.68 bits per heavy atom. The average Bonchev–Trinajstić information content (AvgIpc) is 2.80. The topological polar surface area (TPSA) is 54.0 Å². The van der Waals surface area contributed by atoms with Crippen LogP contribution >= 0.6 is 36.2 Å². The van der Waals surface area contributed by atoms with Crippen molar-refractivity contribution in [3.05, 3.63) is 16.1 Å². The number of aromatic nitrogens is 1. The van der Waals surface area contributed by atoms with Crippen LogP contribution in [-0.4, -0.2) is 23.5 Å². The van der Waals surface area contributed by atoms with Gasteiger partial charge in [0.15, 0.2) is 0 Å². The summed E-state index contributed by atoms with van der Waals surface area (Å²) in [6, 6.07) is 0.443. The number of hydrogen-bond acceptors (Lipinski definition) is 4. The summed E-state index contributed by atoms with van der Waals surface area (Å²) in [6.45, 7) is 5.12. The Bertz CT molecular complexity index is 505. The van der Waals surface area contributed by atoms with E-state index >= 15 is 0 Å². The van der Waals surface area contributed by atoms with E-state index in [4.69, 9.17) is 0 Å². The molecule has 1 saturated carbocycles. The number of nitrogens with zero attached hydrogens (tertiary/aromatic N) is 1. The Hall–Kier alpha value is -0.360. The van der Waals surface area contributed by atoms with Crippen LogP contribution in [0, 0.1) is 12.8 Å². The highest BCUT2D eigenvalue weighted by Crippen LogP contribution is 2.42. The smallest absolute Gasteiger partial charge is 0.223 e. The molecular formula is C15H25Cl2N3OS. The molecule has 1 aromatic rings. The molecule has 0 unspecified atom stereocenters. The Morgan fingerprint density at radius 1 is 1.45 bits per heavy atom. The van der Waals surface area contributed by atoms with Gasteiger partial charge in [-0.05, 0) is 52.5 Å². The van der Waals surface area contributed by atoms with Crippen molar-refractivity contribution in [3.63, 3.8) is 0 Å². The molecule has 0 aromatic carbocycles. The van der Waals surface area contributed by atoms with Crippen LogP contribution < -0.4 is 10.6 Å². The molecule has 1 aliphatic heterocycles. The second-order valence-electron chi connectivity index (χ2n) is 6.30. The quantitative estimate of drug-likeness (QED) is 0.864. The van der Waals surface area contributed by atoms with E-state index in [1.807, 2.05) is 6.92 Å². The molecule has 1 saturated heterocycles. The monoisotopic (exact) mass is 365 g/mol. The summed E-state index contributed by atoms with van der Waals surface area (Å²) < 4.78 is 0. The van der Waals surface area contributed by atoms with Crippen LogP contribution in [0.25, 0.3) is 0 Å². The lowest BCUT2D eigenvalue weighted by Crippen LogP contribution is -2.54. The lowest BCUT2D eigenvalue weighted by Gasteiger charge is -2.42. The summed E-state index contributed by atoms with van der Waals surface area (Å²) in [5.74, 6) is 0.385. The van der Waals surface area contributed by atoms with E-state index in [1.165, 1.54) is 6.42 Å². The number of thiazole rings is 1. The highest BCUT2D eigenvalue weighted by molar-refractivity contribution is 7.09. The number of aryl methyl sites for hydroxylation is 1. The van der Waals surface area contributed by atoms with Gasteiger partial charge >= 0.3 is 0 Å². The number of carbonyl (C=O) groups is 1. The minimum atomic E-state index is -0.163. The number of nitrogens with one attached hydrogen (secondary N) is 2. The third-order valence-corrected chi connectivity index (χ3v) is 5.76. The molecule has 0 bridgehead atoms. The first-order chi connectivity index (χ1) is 9.59. The van der Waals surface area contributed by atoms with Crippen LogP contribution in [0.5, 0.6) is 0 Å². The molecule has 0 radical (unpaired) electrons. The van der Waals surface area contributed by atoms with Gasteiger partial charge in [0.25, 0.3) is 0 Å². The maximum Gasteiger partial charge on any atom is 0.223 e. The van der Waals surface area contributed by atoms with E-state index in [2.05, 4.69) is 27.9 Å². The predicted molar refractivity (Wildman–Crippen MR) is 95.2 cm³/mol. The van der Waals surface area contributed by atoms with Crippen LogP contribution in [0.4, 0.5) is 0 Å². The van der Waals surface area contributed by atoms with Crippen molar-refractivity contribution in [1.82, 2.24) is 15.6 Å². The van der Waals surface area contributed by atoms with Crippen LogP contribution in [0.3, 0.4) is 0 Å². The second kappa shape index (κ2) is 7.95. The zero-order valence-corrected chi connectivity index (χ0v) is 15.5.